The molecule has 0 amide bonds. The van der Waals surface area contributed by atoms with Gasteiger partial charge in [-0.25, -0.2) is 19.2 Å². The molecule has 0 saturated carbocycles. The van der Waals surface area contributed by atoms with Gasteiger partial charge in [0.25, 0.3) is 0 Å². The second-order valence-corrected chi connectivity index (χ2v) is 7.32. The lowest BCUT2D eigenvalue weighted by Crippen LogP contribution is -2.16. The topological polar surface area (TPSA) is 78.3 Å². The normalized spacial score (nSPS) is 11.8. The zero-order chi connectivity index (χ0) is 22.2. The molecule has 2 aromatic heterocycles. The van der Waals surface area contributed by atoms with Gasteiger partial charge in [-0.3, -0.25) is 0 Å². The molecular weight excluding hydrogens is 440 g/mol. The summed E-state index contributed by atoms with van der Waals surface area (Å²) in [5.74, 6) is -0.602. The Morgan fingerprint density at radius 3 is 2.68 bits per heavy atom. The summed E-state index contributed by atoms with van der Waals surface area (Å²) in [7, 11) is 1.26. The summed E-state index contributed by atoms with van der Waals surface area (Å²) in [6, 6.07) is 8.53. The summed E-state index contributed by atoms with van der Waals surface area (Å²) in [6.45, 7) is -0.651. The summed E-state index contributed by atoms with van der Waals surface area (Å²) >= 11 is 1.09. The number of halogens is 4. The van der Waals surface area contributed by atoms with E-state index in [0.29, 0.717) is 31.9 Å². The van der Waals surface area contributed by atoms with E-state index in [2.05, 4.69) is 20.0 Å². The van der Waals surface area contributed by atoms with Crippen molar-refractivity contribution in [1.82, 2.24) is 14.5 Å². The Hall–Kier alpha value is -3.41. The number of carbonyl (C=O) groups is 1. The lowest BCUT2D eigenvalue weighted by atomic mass is 10.2. The molecule has 12 heteroatoms. The lowest BCUT2D eigenvalue weighted by Gasteiger charge is -2.07. The van der Waals surface area contributed by atoms with Gasteiger partial charge in [0.15, 0.2) is 5.13 Å². The summed E-state index contributed by atoms with van der Waals surface area (Å²) in [6.07, 6.45) is -4.79. The van der Waals surface area contributed by atoms with Gasteiger partial charge in [0.1, 0.15) is 12.4 Å². The summed E-state index contributed by atoms with van der Waals surface area (Å²) < 4.78 is 61.1. The van der Waals surface area contributed by atoms with Crippen LogP contribution in [-0.2, 0) is 11.3 Å². The van der Waals surface area contributed by atoms with Gasteiger partial charge >= 0.3 is 12.3 Å². The summed E-state index contributed by atoms with van der Waals surface area (Å²) in [5, 5.41) is 3.33. The highest BCUT2D eigenvalue weighted by Gasteiger charge is 2.31. The molecule has 7 nitrogen and oxygen atoms in total. The van der Waals surface area contributed by atoms with E-state index in [1.165, 1.54) is 31.4 Å². The fraction of sp³-hybridized carbons (Fsp3) is 0.211. The number of rotatable bonds is 6. The van der Waals surface area contributed by atoms with Crippen LogP contribution in [0.5, 0.6) is 5.75 Å². The first-order valence-electron chi connectivity index (χ1n) is 8.85. The zero-order valence-corrected chi connectivity index (χ0v) is 16.7. The standard InChI is InChI=1S/C19H14F4N4O3S/c1-29-16(28)10-2-5-14-13(8-10)24-17(27(14)7-6-20)26-18-25-12-4-3-11(9-15(12)31-18)30-19(21,22)23/h2-5,8-9H,6-7H2,1H3,(H,24,25,26). The molecule has 2 heterocycles. The number of methoxy groups -OCH3 is 1. The second-order valence-electron chi connectivity index (χ2n) is 6.29. The number of ether oxygens (including phenoxy) is 2. The monoisotopic (exact) mass is 454 g/mol. The van der Waals surface area contributed by atoms with E-state index in [9.17, 15) is 22.4 Å². The number of imidazole rings is 1. The maximum atomic E-state index is 13.1. The van der Waals surface area contributed by atoms with Crippen LogP contribution in [0.2, 0.25) is 0 Å². The van der Waals surface area contributed by atoms with Crippen LogP contribution < -0.4 is 10.1 Å². The van der Waals surface area contributed by atoms with Crippen molar-refractivity contribution in [3.63, 3.8) is 0 Å². The molecule has 1 N–H and O–H groups in total. The van der Waals surface area contributed by atoms with Gasteiger partial charge in [-0.15, -0.1) is 13.2 Å². The minimum absolute atomic E-state index is 0.00483. The fourth-order valence-corrected chi connectivity index (χ4v) is 3.92. The average Bonchev–Trinajstić information content (AvgIpc) is 3.26. The Kier molecular flexibility index (Phi) is 5.39. The number of hydrogen-bond donors (Lipinski definition) is 1. The number of benzene rings is 2. The lowest BCUT2D eigenvalue weighted by molar-refractivity contribution is -0.274. The van der Waals surface area contributed by atoms with Crippen LogP contribution in [-0.4, -0.2) is 40.7 Å². The van der Waals surface area contributed by atoms with Crippen LogP contribution in [0.4, 0.5) is 28.6 Å². The Morgan fingerprint density at radius 1 is 1.16 bits per heavy atom. The zero-order valence-electron chi connectivity index (χ0n) is 15.9. The van der Waals surface area contributed by atoms with Crippen molar-refractivity contribution < 1.29 is 31.8 Å². The molecule has 0 radical (unpaired) electrons. The first kappa shape index (κ1) is 20.8. The maximum Gasteiger partial charge on any atom is 0.573 e. The van der Waals surface area contributed by atoms with E-state index in [1.807, 2.05) is 0 Å². The molecule has 0 saturated heterocycles. The number of esters is 1. The van der Waals surface area contributed by atoms with Crippen LogP contribution in [0.3, 0.4) is 0 Å². The largest absolute Gasteiger partial charge is 0.573 e. The molecule has 4 rings (SSSR count). The number of carbonyl (C=O) groups excluding carboxylic acids is 1. The molecule has 0 spiro atoms. The van der Waals surface area contributed by atoms with Crippen molar-refractivity contribution in [3.05, 3.63) is 42.0 Å². The molecule has 31 heavy (non-hydrogen) atoms. The number of thiazole rings is 1. The Labute approximate surface area is 176 Å². The Morgan fingerprint density at radius 2 is 1.97 bits per heavy atom. The highest BCUT2D eigenvalue weighted by molar-refractivity contribution is 7.22. The summed E-state index contributed by atoms with van der Waals surface area (Å²) in [4.78, 5) is 20.5. The van der Waals surface area contributed by atoms with Crippen molar-refractivity contribution in [2.75, 3.05) is 19.1 Å². The number of fused-ring (bicyclic) bond motifs is 2. The summed E-state index contributed by atoms with van der Waals surface area (Å²) in [5.41, 5.74) is 1.79. The highest BCUT2D eigenvalue weighted by Crippen LogP contribution is 2.33. The Bertz CT molecular complexity index is 1270. The molecule has 4 aromatic rings. The van der Waals surface area contributed by atoms with E-state index in [4.69, 9.17) is 4.74 Å². The van der Waals surface area contributed by atoms with Crippen LogP contribution in [0.25, 0.3) is 21.3 Å². The maximum absolute atomic E-state index is 13.1. The van der Waals surface area contributed by atoms with Gasteiger partial charge in [0.2, 0.25) is 5.95 Å². The van der Waals surface area contributed by atoms with Crippen molar-refractivity contribution in [2.45, 2.75) is 12.9 Å². The molecule has 0 aliphatic carbocycles. The van der Waals surface area contributed by atoms with Gasteiger partial charge in [0, 0.05) is 6.07 Å². The third-order valence-corrected chi connectivity index (χ3v) is 5.22. The van der Waals surface area contributed by atoms with Crippen LogP contribution in [0.15, 0.2) is 36.4 Å². The van der Waals surface area contributed by atoms with Crippen molar-refractivity contribution in [3.8, 4) is 5.75 Å². The molecule has 0 aliphatic heterocycles. The molecule has 0 unspecified atom stereocenters. The van der Waals surface area contributed by atoms with E-state index in [0.717, 1.165) is 11.3 Å². The van der Waals surface area contributed by atoms with Crippen molar-refractivity contribution >= 4 is 49.6 Å². The number of nitrogens with zero attached hydrogens (tertiary/aromatic N) is 3. The molecule has 0 bridgehead atoms. The van der Waals surface area contributed by atoms with E-state index in [1.54, 1.807) is 16.7 Å². The number of alkyl halides is 4. The molecule has 0 atom stereocenters. The van der Waals surface area contributed by atoms with E-state index in [-0.39, 0.29) is 18.2 Å². The first-order valence-corrected chi connectivity index (χ1v) is 9.67. The number of anilines is 2. The number of nitrogens with one attached hydrogen (secondary N) is 1. The predicted molar refractivity (Wildman–Crippen MR) is 107 cm³/mol. The molecule has 0 aliphatic rings. The number of hydrogen-bond acceptors (Lipinski definition) is 7. The smallest absolute Gasteiger partial charge is 0.465 e. The van der Waals surface area contributed by atoms with Crippen LogP contribution in [0, 0.1) is 0 Å². The van der Waals surface area contributed by atoms with Gasteiger partial charge in [-0.2, -0.15) is 0 Å². The highest BCUT2D eigenvalue weighted by atomic mass is 32.1. The minimum atomic E-state index is -4.79. The van der Waals surface area contributed by atoms with Crippen molar-refractivity contribution in [2.24, 2.45) is 0 Å². The number of aryl methyl sites for hydroxylation is 1. The molecule has 162 valence electrons. The number of aromatic nitrogens is 3. The van der Waals surface area contributed by atoms with Gasteiger partial charge in [-0.05, 0) is 30.3 Å². The fourth-order valence-electron chi connectivity index (χ4n) is 3.03. The molecule has 2 aromatic carbocycles. The van der Waals surface area contributed by atoms with Crippen molar-refractivity contribution in [1.29, 1.82) is 0 Å². The second kappa shape index (κ2) is 8.02. The van der Waals surface area contributed by atoms with E-state index < -0.39 is 19.0 Å². The third-order valence-electron chi connectivity index (χ3n) is 4.29. The van der Waals surface area contributed by atoms with Crippen LogP contribution in [0.1, 0.15) is 10.4 Å². The first-order chi connectivity index (χ1) is 14.8. The Balaban J connectivity index is 1.68. The minimum Gasteiger partial charge on any atom is -0.465 e. The van der Waals surface area contributed by atoms with Gasteiger partial charge in [0.05, 0.1) is 40.5 Å². The predicted octanol–water partition coefficient (Wildman–Crippen LogP) is 5.04. The third kappa shape index (κ3) is 4.38. The van der Waals surface area contributed by atoms with Crippen LogP contribution >= 0.6 is 11.3 Å². The molecule has 0 fully saturated rings. The SMILES string of the molecule is COC(=O)c1ccc2c(c1)nc(Nc1nc3ccc(OC(F)(F)F)cc3s1)n2CCF. The average molecular weight is 454 g/mol. The van der Waals surface area contributed by atoms with Gasteiger partial charge in [-0.1, -0.05) is 11.3 Å². The van der Waals surface area contributed by atoms with Gasteiger partial charge < -0.3 is 19.4 Å². The molecular formula is C19H14F4N4O3S. The van der Waals surface area contributed by atoms with E-state index >= 15 is 0 Å². The quantitative estimate of drug-likeness (QED) is 0.325.